The third-order valence-corrected chi connectivity index (χ3v) is 5.36. The molecule has 1 heterocycles. The molecule has 0 aliphatic carbocycles. The summed E-state index contributed by atoms with van der Waals surface area (Å²) in [5.74, 6) is -0.208. The number of hydrogen-bond donors (Lipinski definition) is 2. The minimum Gasteiger partial charge on any atom is -0.350 e. The molecule has 1 atom stereocenters. The minimum absolute atomic E-state index is 0. The molecule has 0 saturated heterocycles. The van der Waals surface area contributed by atoms with Crippen LogP contribution in [0.2, 0.25) is 0 Å². The highest BCUT2D eigenvalue weighted by molar-refractivity contribution is 7.90. The number of carbonyl (C=O) groups is 1. The van der Waals surface area contributed by atoms with Crippen molar-refractivity contribution in [3.05, 3.63) is 65.2 Å². The summed E-state index contributed by atoms with van der Waals surface area (Å²) in [5.41, 5.74) is 2.98. The zero-order chi connectivity index (χ0) is 17.2. The SMILES string of the molecule is CS(=O)(=O)c1ccc(C(=O)NCC2NCCc3ccccc32)cc1.Cl. The molecular formula is C18H21ClN2O3S. The second-order valence-electron chi connectivity index (χ2n) is 5.96. The normalized spacial score (nSPS) is 16.4. The van der Waals surface area contributed by atoms with Crippen molar-refractivity contribution in [3.63, 3.8) is 0 Å². The van der Waals surface area contributed by atoms with Gasteiger partial charge >= 0.3 is 0 Å². The van der Waals surface area contributed by atoms with Crippen LogP contribution in [-0.4, -0.2) is 33.7 Å². The van der Waals surface area contributed by atoms with Crippen LogP contribution in [0.25, 0.3) is 0 Å². The number of halogens is 1. The maximum absolute atomic E-state index is 12.3. The Morgan fingerprint density at radius 2 is 1.84 bits per heavy atom. The van der Waals surface area contributed by atoms with Gasteiger partial charge in [0.25, 0.3) is 5.91 Å². The van der Waals surface area contributed by atoms with Crippen LogP contribution >= 0.6 is 12.4 Å². The molecule has 0 aromatic heterocycles. The van der Waals surface area contributed by atoms with E-state index in [1.807, 2.05) is 12.1 Å². The molecule has 0 spiro atoms. The van der Waals surface area contributed by atoms with Crippen molar-refractivity contribution in [1.82, 2.24) is 10.6 Å². The lowest BCUT2D eigenvalue weighted by Gasteiger charge is -2.27. The van der Waals surface area contributed by atoms with Gasteiger partial charge in [-0.25, -0.2) is 8.42 Å². The maximum Gasteiger partial charge on any atom is 0.251 e. The molecule has 2 N–H and O–H groups in total. The van der Waals surface area contributed by atoms with Crippen LogP contribution in [0.15, 0.2) is 53.4 Å². The van der Waals surface area contributed by atoms with Gasteiger partial charge in [0, 0.05) is 24.4 Å². The van der Waals surface area contributed by atoms with Gasteiger partial charge in [-0.2, -0.15) is 0 Å². The van der Waals surface area contributed by atoms with Gasteiger partial charge in [-0.05, 0) is 48.4 Å². The highest BCUT2D eigenvalue weighted by atomic mass is 35.5. The number of fused-ring (bicyclic) bond motifs is 1. The third kappa shape index (κ3) is 4.60. The lowest BCUT2D eigenvalue weighted by Crippen LogP contribution is -2.38. The summed E-state index contributed by atoms with van der Waals surface area (Å²) in [6, 6.07) is 14.3. The largest absolute Gasteiger partial charge is 0.350 e. The van der Waals surface area contributed by atoms with Gasteiger partial charge in [0.2, 0.25) is 0 Å². The average molecular weight is 381 g/mol. The molecule has 0 saturated carbocycles. The van der Waals surface area contributed by atoms with Crippen LogP contribution in [0.3, 0.4) is 0 Å². The highest BCUT2D eigenvalue weighted by Gasteiger charge is 2.20. The Morgan fingerprint density at radius 3 is 2.52 bits per heavy atom. The first-order valence-electron chi connectivity index (χ1n) is 7.84. The number of rotatable bonds is 4. The van der Waals surface area contributed by atoms with Crippen molar-refractivity contribution in [2.24, 2.45) is 0 Å². The van der Waals surface area contributed by atoms with Crippen LogP contribution in [0.4, 0.5) is 0 Å². The Balaban J connectivity index is 0.00000225. The van der Waals surface area contributed by atoms with Crippen LogP contribution in [0.5, 0.6) is 0 Å². The fraction of sp³-hybridized carbons (Fsp3) is 0.278. The van der Waals surface area contributed by atoms with Crippen LogP contribution in [-0.2, 0) is 16.3 Å². The predicted molar refractivity (Wildman–Crippen MR) is 100 cm³/mol. The number of carbonyl (C=O) groups excluding carboxylic acids is 1. The molecular weight excluding hydrogens is 360 g/mol. The smallest absolute Gasteiger partial charge is 0.251 e. The first-order chi connectivity index (χ1) is 11.4. The summed E-state index contributed by atoms with van der Waals surface area (Å²) in [4.78, 5) is 12.5. The molecule has 1 aliphatic heterocycles. The van der Waals surface area contributed by atoms with Crippen molar-refractivity contribution in [2.45, 2.75) is 17.4 Å². The molecule has 1 unspecified atom stereocenters. The lowest BCUT2D eigenvalue weighted by molar-refractivity contribution is 0.0949. The van der Waals surface area contributed by atoms with E-state index in [4.69, 9.17) is 0 Å². The number of sulfone groups is 1. The van der Waals surface area contributed by atoms with Gasteiger partial charge in [-0.15, -0.1) is 12.4 Å². The molecule has 0 fully saturated rings. The Hall–Kier alpha value is -1.89. The van der Waals surface area contributed by atoms with Crippen molar-refractivity contribution >= 4 is 28.2 Å². The monoisotopic (exact) mass is 380 g/mol. The molecule has 7 heteroatoms. The van der Waals surface area contributed by atoms with Gasteiger partial charge in [0.1, 0.15) is 0 Å². The molecule has 5 nitrogen and oxygen atoms in total. The van der Waals surface area contributed by atoms with Crippen molar-refractivity contribution in [3.8, 4) is 0 Å². The highest BCUT2D eigenvalue weighted by Crippen LogP contribution is 2.22. The van der Waals surface area contributed by atoms with Gasteiger partial charge in [-0.1, -0.05) is 24.3 Å². The lowest BCUT2D eigenvalue weighted by atomic mass is 9.94. The van der Waals surface area contributed by atoms with E-state index in [1.165, 1.54) is 35.4 Å². The van der Waals surface area contributed by atoms with Crippen molar-refractivity contribution in [1.29, 1.82) is 0 Å². The zero-order valence-corrected chi connectivity index (χ0v) is 15.5. The van der Waals surface area contributed by atoms with E-state index in [0.29, 0.717) is 12.1 Å². The molecule has 2 aromatic carbocycles. The molecule has 25 heavy (non-hydrogen) atoms. The van der Waals surface area contributed by atoms with Crippen molar-refractivity contribution < 1.29 is 13.2 Å². The fourth-order valence-corrected chi connectivity index (χ4v) is 3.56. The molecule has 1 aliphatic rings. The second-order valence-corrected chi connectivity index (χ2v) is 7.98. The maximum atomic E-state index is 12.3. The minimum atomic E-state index is -3.25. The van der Waals surface area contributed by atoms with Crippen LogP contribution in [0, 0.1) is 0 Å². The fourth-order valence-electron chi connectivity index (χ4n) is 2.93. The number of hydrogen-bond acceptors (Lipinski definition) is 4. The molecule has 2 aromatic rings. The van der Waals surface area contributed by atoms with E-state index < -0.39 is 9.84 Å². The molecule has 134 valence electrons. The Kier molecular flexibility index (Phi) is 6.21. The molecule has 3 rings (SSSR count). The predicted octanol–water partition coefficient (Wildman–Crippen LogP) is 2.13. The second kappa shape index (κ2) is 7.99. The Labute approximate surface area is 154 Å². The van der Waals surface area contributed by atoms with E-state index in [9.17, 15) is 13.2 Å². The Morgan fingerprint density at radius 1 is 1.16 bits per heavy atom. The summed E-state index contributed by atoms with van der Waals surface area (Å²) in [7, 11) is -3.25. The topological polar surface area (TPSA) is 75.3 Å². The first-order valence-corrected chi connectivity index (χ1v) is 9.74. The zero-order valence-electron chi connectivity index (χ0n) is 13.9. The molecule has 0 radical (unpaired) electrons. The molecule has 0 bridgehead atoms. The third-order valence-electron chi connectivity index (χ3n) is 4.23. The van der Waals surface area contributed by atoms with Gasteiger partial charge in [0.15, 0.2) is 9.84 Å². The van der Waals surface area contributed by atoms with Crippen molar-refractivity contribution in [2.75, 3.05) is 19.3 Å². The summed E-state index contributed by atoms with van der Waals surface area (Å²) in [5, 5.41) is 6.33. The van der Waals surface area contributed by atoms with Crippen LogP contribution < -0.4 is 10.6 Å². The van der Waals surface area contributed by atoms with E-state index >= 15 is 0 Å². The van der Waals surface area contributed by atoms with Gasteiger partial charge in [0.05, 0.1) is 4.90 Å². The quantitative estimate of drug-likeness (QED) is 0.852. The summed E-state index contributed by atoms with van der Waals surface area (Å²) < 4.78 is 22.9. The van der Waals surface area contributed by atoms with Gasteiger partial charge in [-0.3, -0.25) is 4.79 Å². The molecule has 1 amide bonds. The van der Waals surface area contributed by atoms with E-state index in [2.05, 4.69) is 22.8 Å². The van der Waals surface area contributed by atoms with Crippen LogP contribution in [0.1, 0.15) is 27.5 Å². The summed E-state index contributed by atoms with van der Waals surface area (Å²) >= 11 is 0. The number of nitrogens with one attached hydrogen (secondary N) is 2. The van der Waals surface area contributed by atoms with Gasteiger partial charge < -0.3 is 10.6 Å². The average Bonchev–Trinajstić information content (AvgIpc) is 2.59. The first kappa shape index (κ1) is 19.4. The Bertz CT molecular complexity index is 851. The van der Waals surface area contributed by atoms with E-state index in [0.717, 1.165) is 19.2 Å². The summed E-state index contributed by atoms with van der Waals surface area (Å²) in [6.07, 6.45) is 2.14. The van der Waals surface area contributed by atoms with E-state index in [1.54, 1.807) is 0 Å². The summed E-state index contributed by atoms with van der Waals surface area (Å²) in [6.45, 7) is 1.38. The standard InChI is InChI=1S/C18H20N2O3S.ClH/c1-24(22,23)15-8-6-14(7-9-15)18(21)20-12-17-16-5-3-2-4-13(16)10-11-19-17;/h2-9,17,19H,10-12H2,1H3,(H,20,21);1H. The van der Waals surface area contributed by atoms with E-state index in [-0.39, 0.29) is 29.3 Å². The number of benzene rings is 2. The number of amides is 1.